The van der Waals surface area contributed by atoms with Gasteiger partial charge in [0.15, 0.2) is 0 Å². The van der Waals surface area contributed by atoms with Crippen molar-refractivity contribution in [1.82, 2.24) is 4.90 Å². The summed E-state index contributed by atoms with van der Waals surface area (Å²) in [5.74, 6) is -1.66. The molecule has 0 aliphatic heterocycles. The molecule has 0 aliphatic carbocycles. The van der Waals surface area contributed by atoms with Crippen molar-refractivity contribution in [1.29, 1.82) is 0 Å². The van der Waals surface area contributed by atoms with Gasteiger partial charge in [-0.05, 0) is 57.2 Å². The highest BCUT2D eigenvalue weighted by Crippen LogP contribution is 2.20. The second-order valence-corrected chi connectivity index (χ2v) is 8.12. The first-order valence-corrected chi connectivity index (χ1v) is 10.5. The van der Waals surface area contributed by atoms with Gasteiger partial charge in [-0.3, -0.25) is 14.3 Å². The topological polar surface area (TPSA) is 92.8 Å². The molecule has 2 rings (SSSR count). The molecule has 2 aromatic carbocycles. The summed E-state index contributed by atoms with van der Waals surface area (Å²) >= 11 is 0. The maximum atomic E-state index is 13.7. The molecule has 0 bridgehead atoms. The van der Waals surface area contributed by atoms with E-state index in [0.717, 1.165) is 6.07 Å². The zero-order chi connectivity index (χ0) is 21.6. The lowest BCUT2D eigenvalue weighted by Gasteiger charge is -2.25. The van der Waals surface area contributed by atoms with E-state index in [-0.39, 0.29) is 35.3 Å². The van der Waals surface area contributed by atoms with Crippen LogP contribution in [0, 0.1) is 5.82 Å². The van der Waals surface area contributed by atoms with E-state index in [1.807, 2.05) is 0 Å². The average molecular weight is 422 g/mol. The molecule has 2 aromatic rings. The number of para-hydroxylation sites is 1. The Labute approximate surface area is 169 Å². The van der Waals surface area contributed by atoms with Crippen LogP contribution in [0.15, 0.2) is 53.4 Å². The van der Waals surface area contributed by atoms with Crippen molar-refractivity contribution in [3.63, 3.8) is 0 Å². The van der Waals surface area contributed by atoms with Crippen LogP contribution < -0.4 is 4.72 Å². The third-order valence-electron chi connectivity index (χ3n) is 4.02. The highest BCUT2D eigenvalue weighted by Gasteiger charge is 2.23. The molecule has 0 spiro atoms. The number of benzene rings is 2. The van der Waals surface area contributed by atoms with Crippen LogP contribution in [0.25, 0.3) is 0 Å². The molecule has 29 heavy (non-hydrogen) atoms. The average Bonchev–Trinajstić information content (AvgIpc) is 2.67. The van der Waals surface area contributed by atoms with Gasteiger partial charge in [0.05, 0.1) is 17.2 Å². The Morgan fingerprint density at radius 3 is 2.28 bits per heavy atom. The van der Waals surface area contributed by atoms with Crippen molar-refractivity contribution in [2.75, 3.05) is 17.9 Å². The summed E-state index contributed by atoms with van der Waals surface area (Å²) in [6.45, 7) is 5.19. The van der Waals surface area contributed by atoms with E-state index in [9.17, 15) is 22.4 Å². The van der Waals surface area contributed by atoms with Crippen LogP contribution in [-0.2, 0) is 19.6 Å². The third kappa shape index (κ3) is 5.77. The van der Waals surface area contributed by atoms with Gasteiger partial charge in [-0.15, -0.1) is 0 Å². The minimum atomic E-state index is -4.03. The van der Waals surface area contributed by atoms with Crippen molar-refractivity contribution in [3.8, 4) is 0 Å². The van der Waals surface area contributed by atoms with Gasteiger partial charge in [0, 0.05) is 11.6 Å². The molecule has 0 radical (unpaired) electrons. The number of sulfonamides is 1. The standard InChI is InChI=1S/C20H23FN2O5S/c1-4-28-19(24)13-23(14(2)3)20(25)15-9-11-16(12-10-15)29(26,27)22-18-8-6-5-7-17(18)21/h5-12,14,22H,4,13H2,1-3H3. The second kappa shape index (κ2) is 9.51. The number of carbonyl (C=O) groups excluding carboxylic acids is 2. The van der Waals surface area contributed by atoms with Crippen LogP contribution in [-0.4, -0.2) is 44.4 Å². The zero-order valence-electron chi connectivity index (χ0n) is 16.4. The minimum absolute atomic E-state index is 0.126. The maximum absolute atomic E-state index is 13.7. The number of nitrogens with zero attached hydrogens (tertiary/aromatic N) is 1. The van der Waals surface area contributed by atoms with Gasteiger partial charge in [-0.1, -0.05) is 12.1 Å². The van der Waals surface area contributed by atoms with E-state index < -0.39 is 27.7 Å². The molecule has 0 unspecified atom stereocenters. The van der Waals surface area contributed by atoms with Crippen LogP contribution in [0.4, 0.5) is 10.1 Å². The SMILES string of the molecule is CCOC(=O)CN(C(=O)c1ccc(S(=O)(=O)Nc2ccccc2F)cc1)C(C)C. The molecular formula is C20H23FN2O5S. The smallest absolute Gasteiger partial charge is 0.325 e. The molecular weight excluding hydrogens is 399 g/mol. The fourth-order valence-corrected chi connectivity index (χ4v) is 3.59. The predicted octanol–water partition coefficient (Wildman–Crippen LogP) is 3.04. The Hall–Kier alpha value is -2.94. The molecule has 0 atom stereocenters. The van der Waals surface area contributed by atoms with E-state index in [1.54, 1.807) is 20.8 Å². The number of hydrogen-bond acceptors (Lipinski definition) is 5. The minimum Gasteiger partial charge on any atom is -0.465 e. The summed E-state index contributed by atoms with van der Waals surface area (Å²) < 4.78 is 45.7. The highest BCUT2D eigenvalue weighted by molar-refractivity contribution is 7.92. The number of nitrogens with one attached hydrogen (secondary N) is 1. The molecule has 0 aliphatic rings. The lowest BCUT2D eigenvalue weighted by Crippen LogP contribution is -2.41. The van der Waals surface area contributed by atoms with Crippen molar-refractivity contribution < 1.29 is 27.1 Å². The van der Waals surface area contributed by atoms with E-state index >= 15 is 0 Å². The highest BCUT2D eigenvalue weighted by atomic mass is 32.2. The van der Waals surface area contributed by atoms with Gasteiger partial charge < -0.3 is 9.64 Å². The Bertz CT molecular complexity index is 975. The summed E-state index contributed by atoms with van der Waals surface area (Å²) in [6, 6.07) is 10.3. The quantitative estimate of drug-likeness (QED) is 0.660. The molecule has 0 aromatic heterocycles. The molecule has 0 saturated heterocycles. The van der Waals surface area contributed by atoms with Crippen LogP contribution in [0.2, 0.25) is 0 Å². The second-order valence-electron chi connectivity index (χ2n) is 6.44. The molecule has 0 saturated carbocycles. The Morgan fingerprint density at radius 2 is 1.72 bits per heavy atom. The normalized spacial score (nSPS) is 11.2. The number of rotatable bonds is 8. The monoisotopic (exact) mass is 422 g/mol. The molecule has 1 N–H and O–H groups in total. The van der Waals surface area contributed by atoms with Crippen molar-refractivity contribution in [2.45, 2.75) is 31.7 Å². The Balaban J connectivity index is 2.20. The lowest BCUT2D eigenvalue weighted by molar-refractivity contribution is -0.144. The van der Waals surface area contributed by atoms with Gasteiger partial charge in [-0.2, -0.15) is 0 Å². The Morgan fingerprint density at radius 1 is 1.10 bits per heavy atom. The van der Waals surface area contributed by atoms with E-state index in [4.69, 9.17) is 4.74 Å². The van der Waals surface area contributed by atoms with Gasteiger partial charge in [-0.25, -0.2) is 12.8 Å². The van der Waals surface area contributed by atoms with Crippen molar-refractivity contribution in [2.24, 2.45) is 0 Å². The first kappa shape index (κ1) is 22.4. The summed E-state index contributed by atoms with van der Waals surface area (Å²) in [4.78, 5) is 25.7. The third-order valence-corrected chi connectivity index (χ3v) is 5.40. The van der Waals surface area contributed by atoms with Crippen LogP contribution in [0.5, 0.6) is 0 Å². The Kier molecular flexibility index (Phi) is 7.33. The van der Waals surface area contributed by atoms with Crippen LogP contribution in [0.3, 0.4) is 0 Å². The molecule has 0 fully saturated rings. The molecule has 1 amide bonds. The number of ether oxygens (including phenoxy) is 1. The molecule has 7 nitrogen and oxygen atoms in total. The summed E-state index contributed by atoms with van der Waals surface area (Å²) in [5.41, 5.74) is 0.0425. The number of esters is 1. The summed E-state index contributed by atoms with van der Waals surface area (Å²) in [5, 5.41) is 0. The summed E-state index contributed by atoms with van der Waals surface area (Å²) in [6.07, 6.45) is 0. The van der Waals surface area contributed by atoms with Crippen molar-refractivity contribution in [3.05, 3.63) is 59.9 Å². The number of hydrogen-bond donors (Lipinski definition) is 1. The molecule has 0 heterocycles. The number of amides is 1. The van der Waals surface area contributed by atoms with Crippen LogP contribution in [0.1, 0.15) is 31.1 Å². The first-order chi connectivity index (χ1) is 13.7. The van der Waals surface area contributed by atoms with Gasteiger partial charge in [0.1, 0.15) is 12.4 Å². The number of halogens is 1. The molecule has 9 heteroatoms. The van der Waals surface area contributed by atoms with Gasteiger partial charge in [0.2, 0.25) is 0 Å². The number of anilines is 1. The van der Waals surface area contributed by atoms with E-state index in [0.29, 0.717) is 0 Å². The van der Waals surface area contributed by atoms with E-state index in [2.05, 4.69) is 4.72 Å². The van der Waals surface area contributed by atoms with Crippen molar-refractivity contribution >= 4 is 27.6 Å². The van der Waals surface area contributed by atoms with Gasteiger partial charge >= 0.3 is 5.97 Å². The lowest BCUT2D eigenvalue weighted by atomic mass is 10.1. The summed E-state index contributed by atoms with van der Waals surface area (Å²) in [7, 11) is -4.03. The zero-order valence-corrected chi connectivity index (χ0v) is 17.2. The molecule has 156 valence electrons. The fourth-order valence-electron chi connectivity index (χ4n) is 2.52. The predicted molar refractivity (Wildman–Crippen MR) is 106 cm³/mol. The van der Waals surface area contributed by atoms with E-state index in [1.165, 1.54) is 47.4 Å². The maximum Gasteiger partial charge on any atom is 0.325 e. The van der Waals surface area contributed by atoms with Gasteiger partial charge in [0.25, 0.3) is 15.9 Å². The fraction of sp³-hybridized carbons (Fsp3) is 0.300. The van der Waals surface area contributed by atoms with Crippen LogP contribution >= 0.6 is 0 Å². The first-order valence-electron chi connectivity index (χ1n) is 8.99. The largest absolute Gasteiger partial charge is 0.465 e. The number of carbonyl (C=O) groups is 2.